The predicted octanol–water partition coefficient (Wildman–Crippen LogP) is 3.39. The number of likely N-dealkylation sites (tertiary alicyclic amines) is 1. The van der Waals surface area contributed by atoms with Gasteiger partial charge in [-0.25, -0.2) is 14.8 Å². The van der Waals surface area contributed by atoms with Gasteiger partial charge in [0, 0.05) is 43.5 Å². The van der Waals surface area contributed by atoms with Gasteiger partial charge in [0.15, 0.2) is 0 Å². The Labute approximate surface area is 234 Å². The number of carbonyl (C=O) groups excluding carboxylic acids is 2. The number of amides is 2. The zero-order chi connectivity index (χ0) is 29.3. The highest BCUT2D eigenvalue weighted by atomic mass is 16.7. The summed E-state index contributed by atoms with van der Waals surface area (Å²) in [7, 11) is -0.505. The zero-order valence-electron chi connectivity index (χ0n) is 25.7. The van der Waals surface area contributed by atoms with Gasteiger partial charge in [-0.15, -0.1) is 0 Å². The van der Waals surface area contributed by atoms with Crippen molar-refractivity contribution >= 4 is 30.5 Å². The second-order valence-electron chi connectivity index (χ2n) is 13.5. The fourth-order valence-electron chi connectivity index (χ4n) is 4.71. The lowest BCUT2D eigenvalue weighted by Crippen LogP contribution is -2.51. The molecule has 2 aliphatic rings. The number of ether oxygens (including phenoxy) is 1. The molecule has 1 aromatic heterocycles. The van der Waals surface area contributed by atoms with E-state index in [1.54, 1.807) is 33.2 Å². The van der Waals surface area contributed by atoms with Crippen LogP contribution in [0.4, 0.5) is 10.7 Å². The van der Waals surface area contributed by atoms with E-state index >= 15 is 0 Å². The van der Waals surface area contributed by atoms with Gasteiger partial charge in [0.2, 0.25) is 11.9 Å². The molecule has 3 rings (SSSR count). The topological polar surface area (TPSA) is 106 Å². The zero-order valence-corrected chi connectivity index (χ0v) is 25.7. The molecular weight excluding hydrogens is 497 g/mol. The van der Waals surface area contributed by atoms with E-state index in [1.807, 2.05) is 46.4 Å². The molecule has 10 nitrogen and oxygen atoms in total. The summed E-state index contributed by atoms with van der Waals surface area (Å²) in [6, 6.07) is -0.458. The highest BCUT2D eigenvalue weighted by Gasteiger charge is 2.52. The summed E-state index contributed by atoms with van der Waals surface area (Å²) >= 11 is 0. The Morgan fingerprint density at radius 1 is 1.13 bits per heavy atom. The minimum absolute atomic E-state index is 0.0628. The quantitative estimate of drug-likeness (QED) is 0.496. The Morgan fingerprint density at radius 3 is 2.18 bits per heavy atom. The van der Waals surface area contributed by atoms with E-state index in [4.69, 9.17) is 14.0 Å². The molecule has 218 valence electrons. The fourth-order valence-corrected chi connectivity index (χ4v) is 4.71. The van der Waals surface area contributed by atoms with Crippen LogP contribution in [0.1, 0.15) is 82.6 Å². The third-order valence-corrected chi connectivity index (χ3v) is 7.72. The van der Waals surface area contributed by atoms with Crippen LogP contribution in [0.3, 0.4) is 0 Å². The van der Waals surface area contributed by atoms with Gasteiger partial charge in [0.05, 0.1) is 11.2 Å². The molecule has 3 heterocycles. The molecule has 0 spiro atoms. The molecule has 1 aromatic rings. The summed E-state index contributed by atoms with van der Waals surface area (Å²) in [6.07, 6.45) is 3.86. The molecule has 0 radical (unpaired) electrons. The Kier molecular flexibility index (Phi) is 9.27. The minimum Gasteiger partial charge on any atom is -0.444 e. The van der Waals surface area contributed by atoms with Gasteiger partial charge in [-0.3, -0.25) is 4.79 Å². The Hall–Kier alpha value is -2.40. The summed E-state index contributed by atoms with van der Waals surface area (Å²) in [5, 5.41) is 2.78. The first-order valence-corrected chi connectivity index (χ1v) is 14.1. The third-order valence-electron chi connectivity index (χ3n) is 7.72. The van der Waals surface area contributed by atoms with E-state index in [0.717, 1.165) is 18.4 Å². The first kappa shape index (κ1) is 31.1. The van der Waals surface area contributed by atoms with Crippen molar-refractivity contribution in [3.8, 4) is 0 Å². The molecule has 1 N–H and O–H groups in total. The van der Waals surface area contributed by atoms with Crippen molar-refractivity contribution in [1.82, 2.24) is 20.2 Å². The largest absolute Gasteiger partial charge is 0.498 e. The van der Waals surface area contributed by atoms with Gasteiger partial charge in [0.25, 0.3) is 0 Å². The highest BCUT2D eigenvalue weighted by molar-refractivity contribution is 6.61. The summed E-state index contributed by atoms with van der Waals surface area (Å²) in [4.78, 5) is 39.1. The van der Waals surface area contributed by atoms with Gasteiger partial charge in [-0.05, 0) is 80.6 Å². The van der Waals surface area contributed by atoms with Crippen molar-refractivity contribution in [2.75, 3.05) is 24.5 Å². The molecule has 2 saturated heterocycles. The summed E-state index contributed by atoms with van der Waals surface area (Å²) < 4.78 is 17.7. The fraction of sp³-hybridized carbons (Fsp3) is 0.786. The van der Waals surface area contributed by atoms with Crippen molar-refractivity contribution in [3.05, 3.63) is 12.4 Å². The molecule has 2 unspecified atom stereocenters. The second kappa shape index (κ2) is 11.6. The smallest absolute Gasteiger partial charge is 0.444 e. The second-order valence-corrected chi connectivity index (χ2v) is 13.5. The molecule has 0 saturated carbocycles. The summed E-state index contributed by atoms with van der Waals surface area (Å²) in [6.45, 7) is 23.6. The molecule has 11 heteroatoms. The average Bonchev–Trinajstić information content (AvgIpc) is 3.35. The predicted molar refractivity (Wildman–Crippen MR) is 153 cm³/mol. The summed E-state index contributed by atoms with van der Waals surface area (Å²) in [5.74, 6) is 0.767. The number of carbonyl (C=O) groups is 2. The van der Waals surface area contributed by atoms with Crippen LogP contribution in [0.2, 0.25) is 0 Å². The summed E-state index contributed by atoms with van der Waals surface area (Å²) in [5.41, 5.74) is -0.694. The highest BCUT2D eigenvalue weighted by Crippen LogP contribution is 2.36. The number of alkyl carbamates (subject to hydrolysis) is 1. The van der Waals surface area contributed by atoms with Crippen LogP contribution in [0.25, 0.3) is 0 Å². The first-order valence-electron chi connectivity index (χ1n) is 14.1. The van der Waals surface area contributed by atoms with Gasteiger partial charge >= 0.3 is 13.2 Å². The van der Waals surface area contributed by atoms with Gasteiger partial charge in [0.1, 0.15) is 11.6 Å². The lowest BCUT2D eigenvalue weighted by molar-refractivity contribution is -0.133. The van der Waals surface area contributed by atoms with Crippen molar-refractivity contribution in [2.45, 2.75) is 111 Å². The normalized spacial score (nSPS) is 21.4. The van der Waals surface area contributed by atoms with E-state index < -0.39 is 36.1 Å². The van der Waals surface area contributed by atoms with Crippen LogP contribution in [0, 0.1) is 11.8 Å². The molecule has 2 amide bonds. The molecular formula is C28H48BN5O5. The first-order chi connectivity index (χ1) is 17.9. The maximum Gasteiger partial charge on any atom is 0.498 e. The van der Waals surface area contributed by atoms with Crippen LogP contribution in [-0.4, -0.2) is 82.5 Å². The molecule has 0 aliphatic carbocycles. The van der Waals surface area contributed by atoms with E-state index in [0.29, 0.717) is 19.0 Å². The van der Waals surface area contributed by atoms with Crippen LogP contribution < -0.4 is 15.7 Å². The number of nitrogens with zero attached hydrogens (tertiary/aromatic N) is 4. The standard InChI is InChI=1S/C28H48BN5O5/c1-18(2)22(32-25(36)37-26(5,6)7)23(35)33-13-12-20(16-33)17-34(19(3)4)24-30-14-21(15-31-24)29-38-27(8,9)28(10,11)39-29/h14-15,18-20,22H,12-13,16-17H2,1-11H3,(H,32,36). The molecule has 2 aliphatic heterocycles. The van der Waals surface area contributed by atoms with Crippen molar-refractivity contribution in [2.24, 2.45) is 11.8 Å². The number of hydrogen-bond donors (Lipinski definition) is 1. The van der Waals surface area contributed by atoms with E-state index in [2.05, 4.69) is 34.0 Å². The van der Waals surface area contributed by atoms with Crippen molar-refractivity contribution in [1.29, 1.82) is 0 Å². The van der Waals surface area contributed by atoms with Crippen LogP contribution >= 0.6 is 0 Å². The molecule has 2 atom stereocenters. The van der Waals surface area contributed by atoms with Crippen molar-refractivity contribution in [3.63, 3.8) is 0 Å². The van der Waals surface area contributed by atoms with E-state index in [1.165, 1.54) is 0 Å². The Bertz CT molecular complexity index is 993. The molecule has 2 fully saturated rings. The number of aromatic nitrogens is 2. The molecule has 0 bridgehead atoms. The lowest BCUT2D eigenvalue weighted by atomic mass is 9.81. The van der Waals surface area contributed by atoms with Crippen LogP contribution in [-0.2, 0) is 18.8 Å². The maximum atomic E-state index is 13.4. The monoisotopic (exact) mass is 545 g/mol. The third kappa shape index (κ3) is 7.63. The van der Waals surface area contributed by atoms with Crippen molar-refractivity contribution < 1.29 is 23.6 Å². The number of nitrogens with one attached hydrogen (secondary N) is 1. The SMILES string of the molecule is CC(C)C(NC(=O)OC(C)(C)C)C(=O)N1CCC(CN(c2ncc(B3OC(C)(C)C(C)(C)O3)cn2)C(C)C)C1. The lowest BCUT2D eigenvalue weighted by Gasteiger charge is -2.32. The number of rotatable bonds is 8. The Morgan fingerprint density at radius 2 is 1.69 bits per heavy atom. The van der Waals surface area contributed by atoms with Crippen LogP contribution in [0.5, 0.6) is 0 Å². The van der Waals surface area contributed by atoms with Gasteiger partial charge in [-0.1, -0.05) is 13.8 Å². The number of hydrogen-bond acceptors (Lipinski definition) is 8. The van der Waals surface area contributed by atoms with Gasteiger partial charge < -0.3 is 29.2 Å². The van der Waals surface area contributed by atoms with E-state index in [9.17, 15) is 9.59 Å². The Balaban J connectivity index is 1.63. The maximum absolute atomic E-state index is 13.4. The van der Waals surface area contributed by atoms with Gasteiger partial charge in [-0.2, -0.15) is 0 Å². The molecule has 39 heavy (non-hydrogen) atoms. The number of anilines is 1. The minimum atomic E-state index is -0.634. The van der Waals surface area contributed by atoms with E-state index in [-0.39, 0.29) is 23.8 Å². The molecule has 0 aromatic carbocycles. The van der Waals surface area contributed by atoms with Crippen LogP contribution in [0.15, 0.2) is 12.4 Å². The average molecular weight is 546 g/mol.